The fourth-order valence-corrected chi connectivity index (χ4v) is 6.61. The van der Waals surface area contributed by atoms with Crippen LogP contribution < -0.4 is 5.73 Å². The van der Waals surface area contributed by atoms with Crippen molar-refractivity contribution >= 4 is 13.8 Å². The summed E-state index contributed by atoms with van der Waals surface area (Å²) in [5.74, 6) is -0.341. The zero-order chi connectivity index (χ0) is 38.1. The molecule has 0 aromatic carbocycles. The van der Waals surface area contributed by atoms with Gasteiger partial charge in [0.1, 0.15) is 6.10 Å². The van der Waals surface area contributed by atoms with Crippen LogP contribution in [0.2, 0.25) is 0 Å². The van der Waals surface area contributed by atoms with Gasteiger partial charge in [0.15, 0.2) is 0 Å². The van der Waals surface area contributed by atoms with Crippen molar-refractivity contribution in [2.24, 2.45) is 5.73 Å². The lowest BCUT2D eigenvalue weighted by molar-refractivity contribution is -0.154. The molecule has 0 fully saturated rings. The highest BCUT2D eigenvalue weighted by molar-refractivity contribution is 7.47. The third-order valence-corrected chi connectivity index (χ3v) is 10.0. The molecule has 0 spiro atoms. The molecule has 2 atom stereocenters. The van der Waals surface area contributed by atoms with Gasteiger partial charge in [0.25, 0.3) is 0 Å². The van der Waals surface area contributed by atoms with Gasteiger partial charge in [-0.15, -0.1) is 0 Å². The minimum absolute atomic E-state index is 0.0976. The second-order valence-corrected chi connectivity index (χ2v) is 15.7. The number of hydrogen-bond donors (Lipinski definition) is 2. The normalized spacial score (nSPS) is 13.8. The van der Waals surface area contributed by atoms with Crippen LogP contribution in [0.25, 0.3) is 0 Å². The Balaban J connectivity index is 4.01. The number of carbonyl (C=O) groups is 1. The number of allylic oxidation sites excluding steroid dienone is 6. The van der Waals surface area contributed by atoms with Gasteiger partial charge in [-0.05, 0) is 70.6 Å². The molecule has 0 aromatic rings. The number of phosphoric acid groups is 1. The average Bonchev–Trinajstić information content (AvgIpc) is 3.13. The van der Waals surface area contributed by atoms with E-state index in [2.05, 4.69) is 50.3 Å². The maximum absolute atomic E-state index is 12.5. The lowest BCUT2D eigenvalue weighted by Crippen LogP contribution is -2.28. The van der Waals surface area contributed by atoms with Crippen LogP contribution in [0.5, 0.6) is 0 Å². The minimum Gasteiger partial charge on any atom is -0.457 e. The van der Waals surface area contributed by atoms with Crippen LogP contribution in [0.1, 0.15) is 194 Å². The third kappa shape index (κ3) is 39.9. The predicted octanol–water partition coefficient (Wildman–Crippen LogP) is 12.6. The molecule has 0 amide bonds. The summed E-state index contributed by atoms with van der Waals surface area (Å²) in [7, 11) is -4.28. The molecule has 0 radical (unpaired) electrons. The van der Waals surface area contributed by atoms with Gasteiger partial charge in [-0.25, -0.2) is 4.57 Å². The molecule has 0 saturated heterocycles. The van der Waals surface area contributed by atoms with Crippen molar-refractivity contribution in [3.05, 3.63) is 36.5 Å². The summed E-state index contributed by atoms with van der Waals surface area (Å²) in [5, 5.41) is 0. The van der Waals surface area contributed by atoms with Crippen LogP contribution in [-0.2, 0) is 27.9 Å². The van der Waals surface area contributed by atoms with Gasteiger partial charge in [-0.3, -0.25) is 13.8 Å². The molecule has 0 aliphatic rings. The van der Waals surface area contributed by atoms with Crippen molar-refractivity contribution in [2.75, 3.05) is 33.0 Å². The van der Waals surface area contributed by atoms with Gasteiger partial charge >= 0.3 is 13.8 Å². The van der Waals surface area contributed by atoms with E-state index in [-0.39, 0.29) is 32.3 Å². The molecular weight excluding hydrogens is 673 g/mol. The largest absolute Gasteiger partial charge is 0.472 e. The standard InChI is InChI=1S/C43H82NO7P/c1-3-5-7-9-11-13-15-17-18-19-20-21-22-23-25-27-29-31-33-35-38-48-40-42(41-50-52(46,47)49-39-37-44)51-43(45)36-34-32-30-28-26-24-16-14-12-10-8-6-4-2/h11,13-14,16-18,42H,3-10,12,15,19-41,44H2,1-2H3,(H,46,47)/b13-11-,16-14-,18-17-. The second kappa shape index (κ2) is 40.9. The highest BCUT2D eigenvalue weighted by Crippen LogP contribution is 2.43. The van der Waals surface area contributed by atoms with E-state index in [0.717, 1.165) is 51.4 Å². The van der Waals surface area contributed by atoms with E-state index in [1.165, 1.54) is 122 Å². The zero-order valence-corrected chi connectivity index (χ0v) is 34.7. The lowest BCUT2D eigenvalue weighted by atomic mass is 10.1. The first-order valence-electron chi connectivity index (χ1n) is 21.5. The van der Waals surface area contributed by atoms with E-state index in [1.807, 2.05) is 0 Å². The van der Waals surface area contributed by atoms with Gasteiger partial charge < -0.3 is 20.1 Å². The fourth-order valence-electron chi connectivity index (χ4n) is 5.84. The Kier molecular flexibility index (Phi) is 39.9. The van der Waals surface area contributed by atoms with Crippen LogP contribution in [0, 0.1) is 0 Å². The molecule has 9 heteroatoms. The molecule has 52 heavy (non-hydrogen) atoms. The van der Waals surface area contributed by atoms with E-state index in [1.54, 1.807) is 0 Å². The summed E-state index contributed by atoms with van der Waals surface area (Å²) < 4.78 is 33.4. The van der Waals surface area contributed by atoms with Crippen molar-refractivity contribution in [1.29, 1.82) is 0 Å². The van der Waals surface area contributed by atoms with E-state index < -0.39 is 13.9 Å². The van der Waals surface area contributed by atoms with E-state index in [9.17, 15) is 14.3 Å². The summed E-state index contributed by atoms with van der Waals surface area (Å²) in [6, 6.07) is 0. The summed E-state index contributed by atoms with van der Waals surface area (Å²) in [4.78, 5) is 22.4. The van der Waals surface area contributed by atoms with Gasteiger partial charge in [0.2, 0.25) is 0 Å². The first kappa shape index (κ1) is 50.7. The minimum atomic E-state index is -4.28. The SMILES string of the molecule is CCCCC/C=C\C/C=C\CCCCCCCCCCCCOCC(COP(=O)(O)OCCN)OC(=O)CCCCCCC/C=C\CCCCCC. The predicted molar refractivity (Wildman–Crippen MR) is 220 cm³/mol. The van der Waals surface area contributed by atoms with E-state index >= 15 is 0 Å². The average molecular weight is 756 g/mol. The topological polar surface area (TPSA) is 117 Å². The summed E-state index contributed by atoms with van der Waals surface area (Å²) in [6.45, 7) is 4.87. The molecule has 0 heterocycles. The molecule has 0 aliphatic heterocycles. The fraction of sp³-hybridized carbons (Fsp3) is 0.837. The van der Waals surface area contributed by atoms with Crippen molar-refractivity contribution < 1.29 is 32.8 Å². The zero-order valence-electron chi connectivity index (χ0n) is 33.8. The maximum atomic E-state index is 12.5. The second-order valence-electron chi connectivity index (χ2n) is 14.2. The summed E-state index contributed by atoms with van der Waals surface area (Å²) >= 11 is 0. The Hall–Kier alpha value is -1.28. The molecule has 0 aliphatic carbocycles. The third-order valence-electron chi connectivity index (χ3n) is 9.03. The first-order valence-corrected chi connectivity index (χ1v) is 23.0. The Bertz CT molecular complexity index is 895. The van der Waals surface area contributed by atoms with Crippen LogP contribution in [0.3, 0.4) is 0 Å². The number of nitrogens with two attached hydrogens (primary N) is 1. The Labute approximate surface area is 320 Å². The highest BCUT2D eigenvalue weighted by Gasteiger charge is 2.25. The number of carbonyl (C=O) groups excluding carboxylic acids is 1. The van der Waals surface area contributed by atoms with Crippen molar-refractivity contribution in [3.63, 3.8) is 0 Å². The number of phosphoric ester groups is 1. The lowest BCUT2D eigenvalue weighted by Gasteiger charge is -2.20. The Morgan fingerprint density at radius 1 is 0.577 bits per heavy atom. The van der Waals surface area contributed by atoms with Crippen molar-refractivity contribution in [3.8, 4) is 0 Å². The molecule has 306 valence electrons. The van der Waals surface area contributed by atoms with E-state index in [0.29, 0.717) is 13.0 Å². The monoisotopic (exact) mass is 756 g/mol. The maximum Gasteiger partial charge on any atom is 0.472 e. The van der Waals surface area contributed by atoms with Crippen molar-refractivity contribution in [1.82, 2.24) is 0 Å². The van der Waals surface area contributed by atoms with Crippen LogP contribution in [0.4, 0.5) is 0 Å². The molecule has 8 nitrogen and oxygen atoms in total. The number of ether oxygens (including phenoxy) is 2. The number of hydrogen-bond acceptors (Lipinski definition) is 7. The van der Waals surface area contributed by atoms with Crippen LogP contribution >= 0.6 is 7.82 Å². The summed E-state index contributed by atoms with van der Waals surface area (Å²) in [6.07, 6.45) is 45.9. The van der Waals surface area contributed by atoms with E-state index in [4.69, 9.17) is 24.3 Å². The first-order chi connectivity index (χ1) is 25.4. The van der Waals surface area contributed by atoms with Gasteiger partial charge in [-0.1, -0.05) is 153 Å². The molecule has 0 bridgehead atoms. The molecule has 2 unspecified atom stereocenters. The van der Waals surface area contributed by atoms with Crippen LogP contribution in [0.15, 0.2) is 36.5 Å². The smallest absolute Gasteiger partial charge is 0.457 e. The molecule has 0 rings (SSSR count). The Morgan fingerprint density at radius 3 is 1.56 bits per heavy atom. The molecule has 3 N–H and O–H groups in total. The van der Waals surface area contributed by atoms with Crippen molar-refractivity contribution in [2.45, 2.75) is 200 Å². The number of unbranched alkanes of at least 4 members (excludes halogenated alkanes) is 22. The Morgan fingerprint density at radius 2 is 1.02 bits per heavy atom. The molecular formula is C43H82NO7P. The quantitative estimate of drug-likeness (QED) is 0.0274. The summed E-state index contributed by atoms with van der Waals surface area (Å²) in [5.41, 5.74) is 5.36. The van der Waals surface area contributed by atoms with Gasteiger partial charge in [0.05, 0.1) is 19.8 Å². The number of rotatable bonds is 41. The van der Waals surface area contributed by atoms with Gasteiger partial charge in [0, 0.05) is 19.6 Å². The highest BCUT2D eigenvalue weighted by atomic mass is 31.2. The van der Waals surface area contributed by atoms with Gasteiger partial charge in [-0.2, -0.15) is 0 Å². The number of esters is 1. The molecule has 0 aromatic heterocycles. The molecule has 0 saturated carbocycles. The van der Waals surface area contributed by atoms with Crippen LogP contribution in [-0.4, -0.2) is 49.9 Å².